The maximum atomic E-state index is 11.6. The molecule has 0 aromatic heterocycles. The van der Waals surface area contributed by atoms with Crippen LogP contribution in [0.1, 0.15) is 39.0 Å². The average molecular weight is 239 g/mol. The molecule has 16 heavy (non-hydrogen) atoms. The summed E-state index contributed by atoms with van der Waals surface area (Å²) in [6.45, 7) is 9.98. The van der Waals surface area contributed by atoms with E-state index < -0.39 is 8.24 Å². The van der Waals surface area contributed by atoms with Crippen LogP contribution >= 0.6 is 0 Å². The van der Waals surface area contributed by atoms with Gasteiger partial charge in [-0.1, -0.05) is 51.8 Å². The van der Waals surface area contributed by atoms with Crippen LogP contribution < -0.4 is 4.98 Å². The predicted molar refractivity (Wildman–Crippen MR) is 71.8 cm³/mol. The molecule has 3 heteroatoms. The van der Waals surface area contributed by atoms with Crippen molar-refractivity contribution in [1.29, 1.82) is 0 Å². The van der Waals surface area contributed by atoms with Gasteiger partial charge >= 0.3 is 0 Å². The van der Waals surface area contributed by atoms with Gasteiger partial charge in [-0.05, 0) is 18.9 Å². The van der Waals surface area contributed by atoms with Gasteiger partial charge in [-0.25, -0.2) is 0 Å². The smallest absolute Gasteiger partial charge is 0.238 e. The second-order valence-electron chi connectivity index (χ2n) is 5.83. The van der Waals surface area contributed by atoms with Gasteiger partial charge in [-0.2, -0.15) is 0 Å². The van der Waals surface area contributed by atoms with Gasteiger partial charge in [0.1, 0.15) is 0 Å². The Balaban J connectivity index is 2.43. The van der Waals surface area contributed by atoms with E-state index >= 15 is 0 Å². The fourth-order valence-corrected chi connectivity index (χ4v) is 5.36. The molecular weight excluding hydrogens is 214 g/mol. The van der Waals surface area contributed by atoms with E-state index in [1.165, 1.54) is 38.1 Å². The van der Waals surface area contributed by atoms with Crippen molar-refractivity contribution in [3.63, 3.8) is 0 Å². The van der Waals surface area contributed by atoms with Gasteiger partial charge in [0.25, 0.3) is 0 Å². The van der Waals surface area contributed by atoms with Crippen LogP contribution in [0.5, 0.6) is 0 Å². The van der Waals surface area contributed by atoms with E-state index in [2.05, 4.69) is 24.7 Å². The summed E-state index contributed by atoms with van der Waals surface area (Å²) in [5.41, 5.74) is 0.629. The van der Waals surface area contributed by atoms with Gasteiger partial charge in [0.05, 0.1) is 0 Å². The van der Waals surface area contributed by atoms with E-state index in [4.69, 9.17) is 0 Å². The van der Waals surface area contributed by atoms with Crippen molar-refractivity contribution in [2.24, 2.45) is 5.92 Å². The predicted octanol–water partition coefficient (Wildman–Crippen LogP) is 3.46. The molecule has 1 rings (SSSR count). The van der Waals surface area contributed by atoms with Crippen LogP contribution in [-0.2, 0) is 4.79 Å². The van der Waals surface area contributed by atoms with E-state index in [1.807, 2.05) is 0 Å². The van der Waals surface area contributed by atoms with Gasteiger partial charge in [0.2, 0.25) is 5.91 Å². The number of amides is 1. The number of carbonyl (C=O) groups is 1. The highest BCUT2D eigenvalue weighted by atomic mass is 28.3. The first-order chi connectivity index (χ1) is 7.41. The highest BCUT2D eigenvalue weighted by Crippen LogP contribution is 2.30. The highest BCUT2D eigenvalue weighted by Gasteiger charge is 2.28. The molecule has 92 valence electrons. The molecule has 1 aliphatic rings. The normalized spacial score (nSPS) is 18.2. The molecule has 0 aromatic rings. The van der Waals surface area contributed by atoms with Crippen LogP contribution in [0.3, 0.4) is 0 Å². The Hall–Kier alpha value is -0.573. The fraction of sp³-hybridized carbons (Fsp3) is 0.769. The zero-order valence-corrected chi connectivity index (χ0v) is 11.9. The molecule has 1 N–H and O–H groups in total. The molecule has 0 radical (unpaired) electrons. The Bertz CT molecular complexity index is 267. The van der Waals surface area contributed by atoms with Crippen molar-refractivity contribution in [3.8, 4) is 0 Å². The fourth-order valence-electron chi connectivity index (χ4n) is 2.58. The van der Waals surface area contributed by atoms with E-state index in [-0.39, 0.29) is 5.91 Å². The summed E-state index contributed by atoms with van der Waals surface area (Å²) in [7, 11) is -1.58. The highest BCUT2D eigenvalue weighted by molar-refractivity contribution is 6.77. The molecule has 0 unspecified atom stereocenters. The first-order valence-electron chi connectivity index (χ1n) is 6.39. The van der Waals surface area contributed by atoms with Crippen molar-refractivity contribution in [3.05, 3.63) is 12.2 Å². The summed E-state index contributed by atoms with van der Waals surface area (Å²) < 4.78 is 0. The summed E-state index contributed by atoms with van der Waals surface area (Å²) in [6, 6.07) is 1.23. The number of hydrogen-bond acceptors (Lipinski definition) is 1. The van der Waals surface area contributed by atoms with E-state index in [1.54, 1.807) is 6.92 Å². The Morgan fingerprint density at radius 3 is 2.38 bits per heavy atom. The molecule has 0 heterocycles. The summed E-state index contributed by atoms with van der Waals surface area (Å²) >= 11 is 0. The van der Waals surface area contributed by atoms with Crippen LogP contribution in [0.4, 0.5) is 0 Å². The number of rotatable bonds is 4. The summed E-state index contributed by atoms with van der Waals surface area (Å²) in [6.07, 6.45) is 6.88. The lowest BCUT2D eigenvalue weighted by Gasteiger charge is -2.30. The third-order valence-electron chi connectivity index (χ3n) is 3.36. The zero-order valence-electron chi connectivity index (χ0n) is 10.9. The van der Waals surface area contributed by atoms with Crippen LogP contribution in [0, 0.1) is 5.92 Å². The van der Waals surface area contributed by atoms with Gasteiger partial charge in [0.15, 0.2) is 8.24 Å². The molecule has 2 nitrogen and oxygen atoms in total. The van der Waals surface area contributed by atoms with E-state index in [0.29, 0.717) is 5.57 Å². The average Bonchev–Trinajstić information content (AvgIpc) is 2.17. The van der Waals surface area contributed by atoms with Crippen molar-refractivity contribution in [2.45, 2.75) is 58.2 Å². The Morgan fingerprint density at radius 2 is 1.88 bits per heavy atom. The Labute approximate surface area is 101 Å². The monoisotopic (exact) mass is 239 g/mol. The van der Waals surface area contributed by atoms with Crippen LogP contribution in [-0.4, -0.2) is 14.1 Å². The van der Waals surface area contributed by atoms with Gasteiger partial charge in [-0.15, -0.1) is 0 Å². The minimum Gasteiger partial charge on any atom is -0.378 e. The van der Waals surface area contributed by atoms with Crippen molar-refractivity contribution < 1.29 is 4.79 Å². The van der Waals surface area contributed by atoms with Gasteiger partial charge in [-0.3, -0.25) is 4.79 Å². The molecule has 1 saturated carbocycles. The summed E-state index contributed by atoms with van der Waals surface area (Å²) in [5.74, 6) is 0.897. The topological polar surface area (TPSA) is 29.1 Å². The first kappa shape index (κ1) is 13.5. The molecule has 0 aliphatic heterocycles. The maximum absolute atomic E-state index is 11.6. The largest absolute Gasteiger partial charge is 0.378 e. The number of nitrogens with one attached hydrogen (secondary N) is 1. The van der Waals surface area contributed by atoms with Crippen molar-refractivity contribution in [2.75, 3.05) is 0 Å². The molecular formula is C13H25NOSi. The second-order valence-corrected chi connectivity index (χ2v) is 10.3. The number of carbonyl (C=O) groups excluding carboxylic acids is 1. The molecule has 1 amide bonds. The lowest BCUT2D eigenvalue weighted by atomic mass is 9.91. The summed E-state index contributed by atoms with van der Waals surface area (Å²) in [4.78, 5) is 14.8. The number of hydrogen-bond donors (Lipinski definition) is 1. The minimum atomic E-state index is -1.58. The van der Waals surface area contributed by atoms with Gasteiger partial charge < -0.3 is 4.98 Å². The van der Waals surface area contributed by atoms with Gasteiger partial charge in [0, 0.05) is 5.57 Å². The molecule has 0 bridgehead atoms. The van der Waals surface area contributed by atoms with Crippen LogP contribution in [0.2, 0.25) is 19.1 Å². The zero-order chi connectivity index (χ0) is 12.2. The maximum Gasteiger partial charge on any atom is 0.238 e. The summed E-state index contributed by atoms with van der Waals surface area (Å²) in [5, 5.41) is 0. The third kappa shape index (κ3) is 4.52. The van der Waals surface area contributed by atoms with Crippen LogP contribution in [0.15, 0.2) is 12.2 Å². The SMILES string of the molecule is C=C(C)C(=O)N[Si](C)(C)CC1CCCCC1. The first-order valence-corrected chi connectivity index (χ1v) is 9.59. The lowest BCUT2D eigenvalue weighted by molar-refractivity contribution is -0.116. The van der Waals surface area contributed by atoms with Crippen molar-refractivity contribution >= 4 is 14.1 Å². The standard InChI is InChI=1S/C13H25NOSi/c1-11(2)13(15)14-16(3,4)10-12-8-6-5-7-9-12/h12H,1,5-10H2,2-4H3,(H,14,15). The molecule has 0 atom stereocenters. The molecule has 0 spiro atoms. The minimum absolute atomic E-state index is 0.0486. The molecule has 1 aliphatic carbocycles. The lowest BCUT2D eigenvalue weighted by Crippen LogP contribution is -2.49. The van der Waals surface area contributed by atoms with E-state index in [0.717, 1.165) is 5.92 Å². The Kier molecular flexibility index (Phi) is 4.78. The Morgan fingerprint density at radius 1 is 1.31 bits per heavy atom. The third-order valence-corrected chi connectivity index (χ3v) is 5.87. The second kappa shape index (κ2) is 5.67. The molecule has 1 fully saturated rings. The molecule has 0 saturated heterocycles. The van der Waals surface area contributed by atoms with E-state index in [9.17, 15) is 4.79 Å². The quantitative estimate of drug-likeness (QED) is 0.591. The van der Waals surface area contributed by atoms with Crippen LogP contribution in [0.25, 0.3) is 0 Å². The van der Waals surface area contributed by atoms with Crippen molar-refractivity contribution in [1.82, 2.24) is 4.98 Å². The molecule has 0 aromatic carbocycles.